The van der Waals surface area contributed by atoms with E-state index < -0.39 is 24.8 Å². The lowest BCUT2D eigenvalue weighted by atomic mass is 10.2. The van der Waals surface area contributed by atoms with Crippen molar-refractivity contribution < 1.29 is 32.2 Å². The van der Waals surface area contributed by atoms with Crippen molar-refractivity contribution >= 4 is 17.7 Å². The minimum atomic E-state index is -4.59. The largest absolute Gasteiger partial charge is 0.465 e. The molecule has 104 valence electrons. The summed E-state index contributed by atoms with van der Waals surface area (Å²) in [5.74, 6) is -0.632. The van der Waals surface area contributed by atoms with Crippen LogP contribution in [-0.2, 0) is 9.47 Å². The van der Waals surface area contributed by atoms with Crippen molar-refractivity contribution in [2.75, 3.05) is 19.0 Å². The highest BCUT2D eigenvalue weighted by atomic mass is 19.4. The molecule has 0 aliphatic heterocycles. The Kier molecular flexibility index (Phi) is 4.74. The quantitative estimate of drug-likeness (QED) is 0.862. The average Bonchev–Trinajstić information content (AvgIpc) is 2.35. The predicted molar refractivity (Wildman–Crippen MR) is 58.8 cm³/mol. The Balaban J connectivity index is 2.62. The van der Waals surface area contributed by atoms with E-state index in [0.717, 1.165) is 0 Å². The summed E-state index contributed by atoms with van der Waals surface area (Å²) in [6.45, 7) is -1.68. The van der Waals surface area contributed by atoms with Gasteiger partial charge in [-0.2, -0.15) is 13.2 Å². The molecule has 0 bridgehead atoms. The molecule has 1 aromatic carbocycles. The van der Waals surface area contributed by atoms with Crippen LogP contribution in [0.15, 0.2) is 24.3 Å². The van der Waals surface area contributed by atoms with Gasteiger partial charge in [-0.15, -0.1) is 0 Å². The minimum Gasteiger partial charge on any atom is -0.465 e. The Bertz CT molecular complexity index is 473. The van der Waals surface area contributed by atoms with E-state index in [4.69, 9.17) is 0 Å². The second kappa shape index (κ2) is 6.07. The van der Waals surface area contributed by atoms with Crippen LogP contribution in [0.3, 0.4) is 0 Å². The highest BCUT2D eigenvalue weighted by molar-refractivity contribution is 5.92. The molecule has 19 heavy (non-hydrogen) atoms. The van der Waals surface area contributed by atoms with E-state index in [1.807, 2.05) is 0 Å². The van der Waals surface area contributed by atoms with Crippen LogP contribution in [0.2, 0.25) is 0 Å². The standard InChI is InChI=1S/C11H10F3NO4/c1-18-9(16)7-3-2-4-8(5-7)15-10(17)19-6-11(12,13)14/h2-5H,6H2,1H3,(H,15,17). The van der Waals surface area contributed by atoms with E-state index in [-0.39, 0.29) is 11.3 Å². The van der Waals surface area contributed by atoms with Gasteiger partial charge in [0, 0.05) is 5.69 Å². The van der Waals surface area contributed by atoms with Gasteiger partial charge in [0.2, 0.25) is 0 Å². The zero-order chi connectivity index (χ0) is 14.5. The molecule has 0 unspecified atom stereocenters. The third kappa shape index (κ3) is 5.28. The normalized spacial score (nSPS) is 10.7. The Morgan fingerprint density at radius 3 is 2.58 bits per heavy atom. The second-order valence-electron chi connectivity index (χ2n) is 3.39. The summed E-state index contributed by atoms with van der Waals surface area (Å²) < 4.78 is 43.8. The molecule has 1 rings (SSSR count). The third-order valence-electron chi connectivity index (χ3n) is 1.90. The van der Waals surface area contributed by atoms with Gasteiger partial charge in [-0.25, -0.2) is 9.59 Å². The number of methoxy groups -OCH3 is 1. The molecule has 0 aromatic heterocycles. The number of halogens is 3. The molecule has 0 spiro atoms. The Labute approximate surface area is 106 Å². The fourth-order valence-corrected chi connectivity index (χ4v) is 1.14. The molecule has 1 aromatic rings. The van der Waals surface area contributed by atoms with Crippen LogP contribution in [0, 0.1) is 0 Å². The molecule has 0 heterocycles. The molecular weight excluding hydrogens is 267 g/mol. The van der Waals surface area contributed by atoms with Gasteiger partial charge < -0.3 is 9.47 Å². The van der Waals surface area contributed by atoms with Crippen LogP contribution in [0.25, 0.3) is 0 Å². The molecule has 0 saturated carbocycles. The number of carbonyl (C=O) groups is 2. The maximum absolute atomic E-state index is 11.8. The highest BCUT2D eigenvalue weighted by Gasteiger charge is 2.29. The van der Waals surface area contributed by atoms with Crippen LogP contribution in [0.4, 0.5) is 23.7 Å². The number of ether oxygens (including phenoxy) is 2. The van der Waals surface area contributed by atoms with E-state index in [9.17, 15) is 22.8 Å². The minimum absolute atomic E-state index is 0.120. The van der Waals surface area contributed by atoms with Gasteiger partial charge in [0.1, 0.15) is 0 Å². The first kappa shape index (κ1) is 14.8. The van der Waals surface area contributed by atoms with Crippen molar-refractivity contribution in [2.24, 2.45) is 0 Å². The van der Waals surface area contributed by atoms with Crippen molar-refractivity contribution in [3.05, 3.63) is 29.8 Å². The van der Waals surface area contributed by atoms with Crippen LogP contribution >= 0.6 is 0 Å². The van der Waals surface area contributed by atoms with Gasteiger partial charge in [0.05, 0.1) is 12.7 Å². The number of rotatable bonds is 3. The summed E-state index contributed by atoms with van der Waals surface area (Å²) in [6.07, 6.45) is -5.86. The lowest BCUT2D eigenvalue weighted by Crippen LogP contribution is -2.23. The number of nitrogens with one attached hydrogen (secondary N) is 1. The molecule has 5 nitrogen and oxygen atoms in total. The van der Waals surface area contributed by atoms with Crippen molar-refractivity contribution in [1.29, 1.82) is 0 Å². The third-order valence-corrected chi connectivity index (χ3v) is 1.90. The molecular formula is C11H10F3NO4. The first-order chi connectivity index (χ1) is 8.81. The van der Waals surface area contributed by atoms with Crippen LogP contribution in [-0.4, -0.2) is 32.0 Å². The molecule has 1 amide bonds. The van der Waals surface area contributed by atoms with Gasteiger partial charge in [0.25, 0.3) is 0 Å². The number of amides is 1. The summed E-state index contributed by atoms with van der Waals surface area (Å²) in [7, 11) is 1.18. The maximum atomic E-state index is 11.8. The lowest BCUT2D eigenvalue weighted by Gasteiger charge is -2.09. The highest BCUT2D eigenvalue weighted by Crippen LogP contribution is 2.16. The summed E-state index contributed by atoms with van der Waals surface area (Å²) in [6, 6.07) is 5.51. The van der Waals surface area contributed by atoms with Crippen LogP contribution < -0.4 is 5.32 Å². The maximum Gasteiger partial charge on any atom is 0.422 e. The number of anilines is 1. The number of carbonyl (C=O) groups excluding carboxylic acids is 2. The Morgan fingerprint density at radius 2 is 2.00 bits per heavy atom. The van der Waals surface area contributed by atoms with Crippen molar-refractivity contribution in [1.82, 2.24) is 0 Å². The van der Waals surface area contributed by atoms with Crippen molar-refractivity contribution in [2.45, 2.75) is 6.18 Å². The fraction of sp³-hybridized carbons (Fsp3) is 0.273. The number of hydrogen-bond donors (Lipinski definition) is 1. The van der Waals surface area contributed by atoms with Gasteiger partial charge in [-0.1, -0.05) is 6.07 Å². The molecule has 0 fully saturated rings. The summed E-state index contributed by atoms with van der Waals surface area (Å²) in [5.41, 5.74) is 0.270. The first-order valence-corrected chi connectivity index (χ1v) is 5.01. The fourth-order valence-electron chi connectivity index (χ4n) is 1.14. The smallest absolute Gasteiger partial charge is 0.422 e. The van der Waals surface area contributed by atoms with Gasteiger partial charge in [0.15, 0.2) is 6.61 Å². The van der Waals surface area contributed by atoms with Gasteiger partial charge >= 0.3 is 18.2 Å². The Morgan fingerprint density at radius 1 is 1.32 bits per heavy atom. The summed E-state index contributed by atoms with van der Waals surface area (Å²) >= 11 is 0. The number of benzene rings is 1. The number of esters is 1. The van der Waals surface area contributed by atoms with Gasteiger partial charge in [-0.3, -0.25) is 5.32 Å². The van der Waals surface area contributed by atoms with E-state index in [1.54, 1.807) is 0 Å². The molecule has 0 saturated heterocycles. The SMILES string of the molecule is COC(=O)c1cccc(NC(=O)OCC(F)(F)F)c1. The molecule has 8 heteroatoms. The van der Waals surface area contributed by atoms with Crippen molar-refractivity contribution in [3.63, 3.8) is 0 Å². The van der Waals surface area contributed by atoms with Crippen LogP contribution in [0.5, 0.6) is 0 Å². The molecule has 0 aliphatic carbocycles. The van der Waals surface area contributed by atoms with E-state index in [1.165, 1.54) is 31.4 Å². The van der Waals surface area contributed by atoms with E-state index in [2.05, 4.69) is 14.8 Å². The molecule has 0 aliphatic rings. The van der Waals surface area contributed by atoms with Crippen LogP contribution in [0.1, 0.15) is 10.4 Å². The second-order valence-corrected chi connectivity index (χ2v) is 3.39. The molecule has 1 N–H and O–H groups in total. The summed E-state index contributed by atoms with van der Waals surface area (Å²) in [5, 5.41) is 2.06. The predicted octanol–water partition coefficient (Wildman–Crippen LogP) is 2.58. The lowest BCUT2D eigenvalue weighted by molar-refractivity contribution is -0.159. The zero-order valence-electron chi connectivity index (χ0n) is 9.78. The first-order valence-electron chi connectivity index (χ1n) is 5.01. The zero-order valence-corrected chi connectivity index (χ0v) is 9.78. The Hall–Kier alpha value is -2.25. The number of alkyl halides is 3. The monoisotopic (exact) mass is 277 g/mol. The van der Waals surface area contributed by atoms with Crippen molar-refractivity contribution in [3.8, 4) is 0 Å². The molecule has 0 radical (unpaired) electrons. The van der Waals surface area contributed by atoms with Gasteiger partial charge in [-0.05, 0) is 18.2 Å². The molecule has 0 atom stereocenters. The topological polar surface area (TPSA) is 64.6 Å². The number of hydrogen-bond acceptors (Lipinski definition) is 4. The van der Waals surface area contributed by atoms with E-state index >= 15 is 0 Å². The average molecular weight is 277 g/mol. The summed E-state index contributed by atoms with van der Waals surface area (Å²) in [4.78, 5) is 22.3. The van der Waals surface area contributed by atoms with E-state index in [0.29, 0.717) is 0 Å².